The van der Waals surface area contributed by atoms with E-state index in [1.165, 1.54) is 10.5 Å². The lowest BCUT2D eigenvalue weighted by atomic mass is 9.64. The Hall–Kier alpha value is -4.44. The van der Waals surface area contributed by atoms with Crippen molar-refractivity contribution in [3.63, 3.8) is 0 Å². The second kappa shape index (κ2) is 16.7. The molecule has 280 valence electrons. The number of amides is 2. The van der Waals surface area contributed by atoms with Crippen LogP contribution in [0.3, 0.4) is 0 Å². The molecule has 9 heteroatoms. The number of hydrogen-bond donors (Lipinski definition) is 3. The van der Waals surface area contributed by atoms with E-state index >= 15 is 0 Å². The smallest absolute Gasteiger partial charge is 0.321 e. The number of carbonyl (C=O) groups excluding carboxylic acids is 2. The predicted molar refractivity (Wildman–Crippen MR) is 211 cm³/mol. The summed E-state index contributed by atoms with van der Waals surface area (Å²) in [6.07, 6.45) is 6.72. The number of rotatable bonds is 10. The lowest BCUT2D eigenvalue weighted by Crippen LogP contribution is -2.54. The van der Waals surface area contributed by atoms with Gasteiger partial charge in [0.2, 0.25) is 0 Å². The molecule has 3 aliphatic carbocycles. The summed E-state index contributed by atoms with van der Waals surface area (Å²) in [5, 5.41) is 29.1. The van der Waals surface area contributed by atoms with Crippen molar-refractivity contribution < 1.29 is 29.3 Å². The second-order valence-corrected chi connectivity index (χ2v) is 15.9. The van der Waals surface area contributed by atoms with E-state index in [0.29, 0.717) is 73.4 Å². The highest BCUT2D eigenvalue weighted by molar-refractivity contribution is 7.09. The Balaban J connectivity index is 1.38. The molecule has 53 heavy (non-hydrogen) atoms. The Bertz CT molecular complexity index is 1890. The van der Waals surface area contributed by atoms with Gasteiger partial charge in [-0.3, -0.25) is 4.79 Å². The zero-order valence-electron chi connectivity index (χ0n) is 31.3. The van der Waals surface area contributed by atoms with Gasteiger partial charge in [-0.05, 0) is 141 Å². The molecule has 0 aliphatic heterocycles. The summed E-state index contributed by atoms with van der Waals surface area (Å²) in [4.78, 5) is 31.4. The van der Waals surface area contributed by atoms with E-state index in [1.807, 2.05) is 53.9 Å². The number of anilines is 1. The third-order valence-corrected chi connectivity index (χ3v) is 12.5. The van der Waals surface area contributed by atoms with Crippen molar-refractivity contribution >= 4 is 28.8 Å². The van der Waals surface area contributed by atoms with Gasteiger partial charge in [0, 0.05) is 33.7 Å². The number of carbonyl (C=O) groups is 2. The number of allylic oxidation sites excluding steroid dienone is 2. The molecule has 3 N–H and O–H groups in total. The number of urea groups is 1. The van der Waals surface area contributed by atoms with Crippen molar-refractivity contribution in [2.75, 3.05) is 32.6 Å². The quantitative estimate of drug-likeness (QED) is 0.111. The number of aliphatic hydroxyl groups is 2. The molecule has 4 aromatic rings. The van der Waals surface area contributed by atoms with Gasteiger partial charge in [0.15, 0.2) is 5.78 Å². The third-order valence-electron chi connectivity index (χ3n) is 11.6. The molecule has 3 aromatic carbocycles. The number of methoxy groups -OCH3 is 2. The molecule has 1 aromatic heterocycles. The molecular weight excluding hydrogens is 685 g/mol. The number of nitrogens with one attached hydrogen (secondary N) is 1. The van der Waals surface area contributed by atoms with E-state index in [4.69, 9.17) is 9.47 Å². The zero-order valence-corrected chi connectivity index (χ0v) is 32.1. The molecule has 2 amide bonds. The standard InChI is InChI=1S/C44H52N2O6S/c1-30-7-5-23-43(2)40(38-20-10-31(27-34(47)15-9-30)28-39(38)41(48)32-11-16-35(51-3)17-12-32)21-24-44(43,50)29-46(25-22-37-8-6-26-53-37)42(49)45-33-13-18-36(52-4)19-14-33/h6-8,10-14,16-20,26,28,34,40,47,50H,5,9,15,21-25,27,29H2,1-4H3,(H,45,49). The van der Waals surface area contributed by atoms with Crippen molar-refractivity contribution in [3.05, 3.63) is 123 Å². The summed E-state index contributed by atoms with van der Waals surface area (Å²) in [6.45, 7) is 4.83. The highest BCUT2D eigenvalue weighted by Crippen LogP contribution is 2.59. The van der Waals surface area contributed by atoms with E-state index in [2.05, 4.69) is 31.3 Å². The van der Waals surface area contributed by atoms with E-state index in [0.717, 1.165) is 24.0 Å². The molecule has 4 atom stereocenters. The number of benzene rings is 3. The summed E-state index contributed by atoms with van der Waals surface area (Å²) in [6, 6.07) is 24.2. The molecule has 2 bridgehead atoms. The molecule has 0 radical (unpaired) electrons. The minimum absolute atomic E-state index is 0.101. The molecule has 1 fully saturated rings. The number of ether oxygens (including phenoxy) is 2. The highest BCUT2D eigenvalue weighted by atomic mass is 32.1. The largest absolute Gasteiger partial charge is 0.497 e. The monoisotopic (exact) mass is 736 g/mol. The van der Waals surface area contributed by atoms with E-state index in [-0.39, 0.29) is 24.3 Å². The van der Waals surface area contributed by atoms with Gasteiger partial charge >= 0.3 is 6.03 Å². The van der Waals surface area contributed by atoms with Crippen LogP contribution in [0.15, 0.2) is 95.9 Å². The van der Waals surface area contributed by atoms with E-state index in [9.17, 15) is 19.8 Å². The molecule has 4 unspecified atom stereocenters. The Kier molecular flexibility index (Phi) is 12.1. The summed E-state index contributed by atoms with van der Waals surface area (Å²) >= 11 is 1.66. The molecule has 0 saturated heterocycles. The van der Waals surface area contributed by atoms with Crippen LogP contribution in [0, 0.1) is 5.41 Å². The maximum Gasteiger partial charge on any atom is 0.321 e. The maximum absolute atomic E-state index is 14.4. The fourth-order valence-electron chi connectivity index (χ4n) is 8.24. The number of aliphatic hydroxyl groups excluding tert-OH is 1. The molecule has 3 aliphatic rings. The van der Waals surface area contributed by atoms with Crippen LogP contribution in [0.25, 0.3) is 0 Å². The predicted octanol–water partition coefficient (Wildman–Crippen LogP) is 8.81. The van der Waals surface area contributed by atoms with Gasteiger partial charge in [-0.2, -0.15) is 0 Å². The fraction of sp³-hybridized carbons (Fsp3) is 0.409. The molecule has 7 rings (SSSR count). The van der Waals surface area contributed by atoms with Crippen molar-refractivity contribution in [2.45, 2.75) is 82.8 Å². The number of fused-ring (bicyclic) bond motifs is 8. The van der Waals surface area contributed by atoms with Crippen LogP contribution in [0.2, 0.25) is 0 Å². The Morgan fingerprint density at radius 2 is 1.68 bits per heavy atom. The Morgan fingerprint density at radius 1 is 0.962 bits per heavy atom. The average Bonchev–Trinajstić information content (AvgIpc) is 3.78. The Labute approximate surface area is 317 Å². The fourth-order valence-corrected chi connectivity index (χ4v) is 8.94. The van der Waals surface area contributed by atoms with Crippen LogP contribution in [0.1, 0.15) is 90.2 Å². The first-order valence-corrected chi connectivity index (χ1v) is 19.5. The lowest BCUT2D eigenvalue weighted by molar-refractivity contribution is -0.0762. The van der Waals surface area contributed by atoms with Crippen molar-refractivity contribution in [1.82, 2.24) is 4.90 Å². The minimum atomic E-state index is -1.25. The third kappa shape index (κ3) is 8.69. The van der Waals surface area contributed by atoms with Crippen LogP contribution in [0.4, 0.5) is 10.5 Å². The summed E-state index contributed by atoms with van der Waals surface area (Å²) in [5.74, 6) is 1.11. The molecular formula is C44H52N2O6S. The van der Waals surface area contributed by atoms with Crippen molar-refractivity contribution in [3.8, 4) is 11.5 Å². The summed E-state index contributed by atoms with van der Waals surface area (Å²) in [7, 11) is 3.21. The van der Waals surface area contributed by atoms with E-state index in [1.54, 1.807) is 54.7 Å². The average molecular weight is 737 g/mol. The van der Waals surface area contributed by atoms with Crippen LogP contribution in [-0.2, 0) is 12.8 Å². The zero-order chi connectivity index (χ0) is 37.6. The summed E-state index contributed by atoms with van der Waals surface area (Å²) in [5.41, 5.74) is 2.86. The number of ketones is 1. The van der Waals surface area contributed by atoms with Crippen molar-refractivity contribution in [1.29, 1.82) is 0 Å². The molecule has 1 saturated carbocycles. The first-order valence-electron chi connectivity index (χ1n) is 18.6. The summed E-state index contributed by atoms with van der Waals surface area (Å²) < 4.78 is 10.7. The van der Waals surface area contributed by atoms with E-state index < -0.39 is 17.1 Å². The van der Waals surface area contributed by atoms with Crippen LogP contribution < -0.4 is 14.8 Å². The first-order chi connectivity index (χ1) is 25.5. The maximum atomic E-state index is 14.4. The van der Waals surface area contributed by atoms with Crippen LogP contribution in [0.5, 0.6) is 11.5 Å². The van der Waals surface area contributed by atoms with Gasteiger partial charge in [-0.1, -0.05) is 36.8 Å². The van der Waals surface area contributed by atoms with Crippen molar-refractivity contribution in [2.24, 2.45) is 5.41 Å². The van der Waals surface area contributed by atoms with Crippen LogP contribution >= 0.6 is 11.3 Å². The molecule has 8 nitrogen and oxygen atoms in total. The second-order valence-electron chi connectivity index (χ2n) is 14.9. The topological polar surface area (TPSA) is 108 Å². The van der Waals surface area contributed by atoms with Gasteiger partial charge in [-0.25, -0.2) is 4.79 Å². The van der Waals surface area contributed by atoms with Gasteiger partial charge in [0.05, 0.1) is 32.5 Å². The molecule has 0 spiro atoms. The van der Waals surface area contributed by atoms with Gasteiger partial charge in [0.1, 0.15) is 11.5 Å². The van der Waals surface area contributed by atoms with Gasteiger partial charge in [-0.15, -0.1) is 11.3 Å². The minimum Gasteiger partial charge on any atom is -0.497 e. The van der Waals surface area contributed by atoms with Gasteiger partial charge < -0.3 is 29.9 Å². The normalized spacial score (nSPS) is 23.0. The number of thiophene rings is 1. The number of nitrogens with zero attached hydrogens (tertiary/aromatic N) is 1. The lowest BCUT2D eigenvalue weighted by Gasteiger charge is -2.46. The SMILES string of the molecule is COc1ccc(NC(=O)N(CCc2cccs2)CC2(O)CCC3c4ccc(cc4C(=O)c4ccc(OC)cc4)CC(O)CCC(C)=CCCC32C)cc1. The number of hydrogen-bond acceptors (Lipinski definition) is 7. The Morgan fingerprint density at radius 3 is 2.36 bits per heavy atom. The van der Waals surface area contributed by atoms with Crippen LogP contribution in [-0.4, -0.2) is 65.9 Å². The highest BCUT2D eigenvalue weighted by Gasteiger charge is 2.57. The molecule has 1 heterocycles. The first kappa shape index (κ1) is 38.3. The van der Waals surface area contributed by atoms with Gasteiger partial charge in [0.25, 0.3) is 0 Å².